The van der Waals surface area contributed by atoms with Gasteiger partial charge in [-0.1, -0.05) is 0 Å². The first-order valence-electron chi connectivity index (χ1n) is 3.60. The number of hydrogen-bond acceptors (Lipinski definition) is 4. The Labute approximate surface area is 81.8 Å². The van der Waals surface area contributed by atoms with Crippen LogP contribution in [0.2, 0.25) is 0 Å². The average Bonchev–Trinajstić information content (AvgIpc) is 1.99. The van der Waals surface area contributed by atoms with Crippen molar-refractivity contribution >= 4 is 11.7 Å². The molecular formula is C7H6F3N3O2. The van der Waals surface area contributed by atoms with Gasteiger partial charge in [-0.25, -0.2) is 4.98 Å². The van der Waals surface area contributed by atoms with Crippen LogP contribution in [-0.2, 0) is 0 Å². The molecule has 82 valence electrons. The van der Waals surface area contributed by atoms with Crippen molar-refractivity contribution in [2.24, 2.45) is 5.73 Å². The predicted molar refractivity (Wildman–Crippen MR) is 43.9 cm³/mol. The summed E-state index contributed by atoms with van der Waals surface area (Å²) in [6, 6.07) is 0.771. The summed E-state index contributed by atoms with van der Waals surface area (Å²) in [5, 5.41) is 0. The highest BCUT2D eigenvalue weighted by molar-refractivity contribution is 5.95. The summed E-state index contributed by atoms with van der Waals surface area (Å²) in [6.07, 6.45) is -4.10. The van der Waals surface area contributed by atoms with Crippen molar-refractivity contribution in [1.82, 2.24) is 4.98 Å². The molecule has 0 unspecified atom stereocenters. The summed E-state index contributed by atoms with van der Waals surface area (Å²) in [5.41, 5.74) is 9.47. The molecule has 0 fully saturated rings. The van der Waals surface area contributed by atoms with E-state index in [1.54, 1.807) is 0 Å². The summed E-state index contributed by atoms with van der Waals surface area (Å²) in [4.78, 5) is 14.1. The predicted octanol–water partition coefficient (Wildman–Crippen LogP) is 0.661. The number of carbonyl (C=O) groups is 1. The molecule has 1 aromatic rings. The van der Waals surface area contributed by atoms with Crippen LogP contribution in [0.1, 0.15) is 10.4 Å². The molecule has 0 spiro atoms. The minimum Gasteiger partial charge on any atom is -0.405 e. The molecular weight excluding hydrogens is 215 g/mol. The maximum absolute atomic E-state index is 11.9. The first-order valence-corrected chi connectivity index (χ1v) is 3.60. The maximum Gasteiger partial charge on any atom is 0.573 e. The van der Waals surface area contributed by atoms with Crippen molar-refractivity contribution in [1.29, 1.82) is 0 Å². The van der Waals surface area contributed by atoms with Gasteiger partial charge in [-0.05, 0) is 0 Å². The van der Waals surface area contributed by atoms with Gasteiger partial charge in [-0.2, -0.15) is 0 Å². The van der Waals surface area contributed by atoms with Crippen molar-refractivity contribution in [3.8, 4) is 5.75 Å². The lowest BCUT2D eigenvalue weighted by Gasteiger charge is -2.11. The van der Waals surface area contributed by atoms with E-state index in [0.29, 0.717) is 0 Å². The van der Waals surface area contributed by atoms with Gasteiger partial charge in [-0.3, -0.25) is 4.79 Å². The third-order valence-corrected chi connectivity index (χ3v) is 1.38. The van der Waals surface area contributed by atoms with Gasteiger partial charge in [0.05, 0.1) is 5.56 Å². The molecule has 0 aliphatic rings. The quantitative estimate of drug-likeness (QED) is 0.767. The van der Waals surface area contributed by atoms with Crippen LogP contribution in [0.25, 0.3) is 0 Å². The number of nitrogens with two attached hydrogens (primary N) is 2. The number of hydrogen-bond donors (Lipinski definition) is 2. The molecule has 0 aromatic carbocycles. The second-order valence-electron chi connectivity index (χ2n) is 2.52. The maximum atomic E-state index is 11.9. The molecule has 0 bridgehead atoms. The number of pyridine rings is 1. The molecule has 1 amide bonds. The Morgan fingerprint density at radius 2 is 2.07 bits per heavy atom. The molecule has 0 aliphatic heterocycles. The number of amides is 1. The molecule has 0 atom stereocenters. The third kappa shape index (κ3) is 3.01. The molecule has 15 heavy (non-hydrogen) atoms. The van der Waals surface area contributed by atoms with E-state index in [2.05, 4.69) is 9.72 Å². The van der Waals surface area contributed by atoms with Crippen LogP contribution in [0.4, 0.5) is 19.0 Å². The number of nitrogens with zero attached hydrogens (tertiary/aromatic N) is 1. The Morgan fingerprint density at radius 3 is 2.53 bits per heavy atom. The van der Waals surface area contributed by atoms with Crippen LogP contribution in [-0.4, -0.2) is 17.3 Å². The highest BCUT2D eigenvalue weighted by atomic mass is 19.4. The van der Waals surface area contributed by atoms with Crippen LogP contribution in [0.15, 0.2) is 12.3 Å². The molecule has 0 saturated carbocycles. The SMILES string of the molecule is NC(=O)c1cnc(N)cc1OC(F)(F)F. The van der Waals surface area contributed by atoms with Crippen LogP contribution in [0, 0.1) is 0 Å². The number of halogens is 3. The van der Waals surface area contributed by atoms with Gasteiger partial charge in [0.15, 0.2) is 0 Å². The molecule has 0 aliphatic carbocycles. The van der Waals surface area contributed by atoms with Crippen LogP contribution in [0.3, 0.4) is 0 Å². The Morgan fingerprint density at radius 1 is 1.47 bits per heavy atom. The van der Waals surface area contributed by atoms with Crippen LogP contribution >= 0.6 is 0 Å². The van der Waals surface area contributed by atoms with Gasteiger partial charge < -0.3 is 16.2 Å². The standard InChI is InChI=1S/C7H6F3N3O2/c8-7(9,10)15-4-1-5(11)13-2-3(4)6(12)14/h1-2H,(H2,11,13)(H2,12,14). The normalized spacial score (nSPS) is 11.1. The summed E-state index contributed by atoms with van der Waals surface area (Å²) in [6.45, 7) is 0. The van der Waals surface area contributed by atoms with E-state index >= 15 is 0 Å². The second-order valence-corrected chi connectivity index (χ2v) is 2.52. The number of ether oxygens (including phenoxy) is 1. The van der Waals surface area contributed by atoms with Gasteiger partial charge in [0, 0.05) is 12.3 Å². The van der Waals surface area contributed by atoms with E-state index in [0.717, 1.165) is 12.3 Å². The first-order chi connectivity index (χ1) is 6.79. The Balaban J connectivity index is 3.13. The number of alkyl halides is 3. The highest BCUT2D eigenvalue weighted by Gasteiger charge is 2.33. The van der Waals surface area contributed by atoms with Crippen LogP contribution in [0.5, 0.6) is 5.75 Å². The van der Waals surface area contributed by atoms with Gasteiger partial charge in [-0.15, -0.1) is 13.2 Å². The van der Waals surface area contributed by atoms with Crippen molar-refractivity contribution in [2.75, 3.05) is 5.73 Å². The molecule has 4 N–H and O–H groups in total. The van der Waals surface area contributed by atoms with E-state index in [1.807, 2.05) is 0 Å². The molecule has 1 rings (SSSR count). The average molecular weight is 221 g/mol. The minimum absolute atomic E-state index is 0.209. The summed E-state index contributed by atoms with van der Waals surface area (Å²) < 4.78 is 39.2. The lowest BCUT2D eigenvalue weighted by molar-refractivity contribution is -0.274. The van der Waals surface area contributed by atoms with E-state index < -0.39 is 23.6 Å². The topological polar surface area (TPSA) is 91.2 Å². The number of rotatable bonds is 2. The number of primary amides is 1. The number of aromatic nitrogens is 1. The van der Waals surface area contributed by atoms with Gasteiger partial charge >= 0.3 is 6.36 Å². The lowest BCUT2D eigenvalue weighted by Crippen LogP contribution is -2.21. The van der Waals surface area contributed by atoms with E-state index in [4.69, 9.17) is 11.5 Å². The fourth-order valence-corrected chi connectivity index (χ4v) is 0.846. The molecule has 1 aromatic heterocycles. The number of carbonyl (C=O) groups excluding carboxylic acids is 1. The molecule has 1 heterocycles. The lowest BCUT2D eigenvalue weighted by atomic mass is 10.2. The molecule has 5 nitrogen and oxygen atoms in total. The van der Waals surface area contributed by atoms with E-state index in [1.165, 1.54) is 0 Å². The van der Waals surface area contributed by atoms with Crippen molar-refractivity contribution in [3.05, 3.63) is 17.8 Å². The Hall–Kier alpha value is -1.99. The van der Waals surface area contributed by atoms with Gasteiger partial charge in [0.1, 0.15) is 11.6 Å². The highest BCUT2D eigenvalue weighted by Crippen LogP contribution is 2.26. The zero-order chi connectivity index (χ0) is 11.6. The number of anilines is 1. The molecule has 8 heteroatoms. The largest absolute Gasteiger partial charge is 0.573 e. The summed E-state index contributed by atoms with van der Waals surface area (Å²) in [7, 11) is 0. The molecule has 0 saturated heterocycles. The fraction of sp³-hybridized carbons (Fsp3) is 0.143. The summed E-state index contributed by atoms with van der Waals surface area (Å²) >= 11 is 0. The van der Waals surface area contributed by atoms with Gasteiger partial charge in [0.25, 0.3) is 5.91 Å². The first kappa shape index (κ1) is 11.1. The zero-order valence-corrected chi connectivity index (χ0v) is 7.21. The number of nitrogen functional groups attached to an aromatic ring is 1. The van der Waals surface area contributed by atoms with Crippen LogP contribution < -0.4 is 16.2 Å². The minimum atomic E-state index is -4.92. The van der Waals surface area contributed by atoms with Crippen molar-refractivity contribution in [2.45, 2.75) is 6.36 Å². The Bertz CT molecular complexity index is 392. The smallest absolute Gasteiger partial charge is 0.405 e. The van der Waals surface area contributed by atoms with Gasteiger partial charge in [0.2, 0.25) is 0 Å². The zero-order valence-electron chi connectivity index (χ0n) is 7.21. The third-order valence-electron chi connectivity index (χ3n) is 1.38. The second kappa shape index (κ2) is 3.64. The van der Waals surface area contributed by atoms with Crippen molar-refractivity contribution < 1.29 is 22.7 Å². The monoisotopic (exact) mass is 221 g/mol. The molecule has 0 radical (unpaired) electrons. The van der Waals surface area contributed by atoms with E-state index in [-0.39, 0.29) is 5.82 Å². The fourth-order valence-electron chi connectivity index (χ4n) is 0.846. The van der Waals surface area contributed by atoms with E-state index in [9.17, 15) is 18.0 Å². The summed E-state index contributed by atoms with van der Waals surface area (Å²) in [5.74, 6) is -2.05. The van der Waals surface area contributed by atoms with Crippen molar-refractivity contribution in [3.63, 3.8) is 0 Å². The Kier molecular flexibility index (Phi) is 2.69.